The summed E-state index contributed by atoms with van der Waals surface area (Å²) in [5.41, 5.74) is 7.07. The predicted molar refractivity (Wildman–Crippen MR) is 81.0 cm³/mol. The molecule has 3 nitrogen and oxygen atoms in total. The maximum atomic E-state index is 9.91. The molecular weight excluding hydrogens is 262 g/mol. The summed E-state index contributed by atoms with van der Waals surface area (Å²) in [6.45, 7) is 1.93. The Morgan fingerprint density at radius 3 is 2.37 bits per heavy atom. The standard InChI is InChI=1S/C15H19NO2.ClH/c1-3-13(17)15(16)12-8-9-14(18-2)11-7-5-4-6-10(11)12;/h4-9,13,15,17H,3,16H2,1-2H3;1H/t13-,15+;/m1./s1. The summed E-state index contributed by atoms with van der Waals surface area (Å²) < 4.78 is 5.35. The van der Waals surface area contributed by atoms with E-state index < -0.39 is 6.10 Å². The highest BCUT2D eigenvalue weighted by Crippen LogP contribution is 2.32. The number of hydrogen-bond acceptors (Lipinski definition) is 3. The second kappa shape index (κ2) is 6.75. The summed E-state index contributed by atoms with van der Waals surface area (Å²) in [6, 6.07) is 11.4. The molecule has 19 heavy (non-hydrogen) atoms. The van der Waals surface area contributed by atoms with E-state index in [2.05, 4.69) is 0 Å². The van der Waals surface area contributed by atoms with Gasteiger partial charge >= 0.3 is 0 Å². The van der Waals surface area contributed by atoms with Crippen molar-refractivity contribution in [3.8, 4) is 5.75 Å². The van der Waals surface area contributed by atoms with Crippen LogP contribution >= 0.6 is 12.4 Å². The van der Waals surface area contributed by atoms with Gasteiger partial charge in [-0.1, -0.05) is 37.3 Å². The van der Waals surface area contributed by atoms with Gasteiger partial charge < -0.3 is 15.6 Å². The lowest BCUT2D eigenvalue weighted by Gasteiger charge is -2.20. The molecule has 2 aromatic carbocycles. The molecule has 0 saturated heterocycles. The fourth-order valence-corrected chi connectivity index (χ4v) is 2.22. The highest BCUT2D eigenvalue weighted by atomic mass is 35.5. The van der Waals surface area contributed by atoms with Gasteiger partial charge in [-0.15, -0.1) is 12.4 Å². The second-order valence-corrected chi connectivity index (χ2v) is 4.40. The molecule has 0 aliphatic heterocycles. The molecule has 2 aromatic rings. The molecule has 0 spiro atoms. The Morgan fingerprint density at radius 1 is 1.16 bits per heavy atom. The minimum absolute atomic E-state index is 0. The minimum Gasteiger partial charge on any atom is -0.496 e. The van der Waals surface area contributed by atoms with Crippen LogP contribution in [0.5, 0.6) is 5.75 Å². The van der Waals surface area contributed by atoms with Crippen molar-refractivity contribution in [3.05, 3.63) is 42.0 Å². The lowest BCUT2D eigenvalue weighted by molar-refractivity contribution is 0.141. The first-order valence-electron chi connectivity index (χ1n) is 6.18. The molecule has 4 heteroatoms. The van der Waals surface area contributed by atoms with Gasteiger partial charge in [0.1, 0.15) is 5.75 Å². The topological polar surface area (TPSA) is 55.5 Å². The molecule has 2 atom stereocenters. The van der Waals surface area contributed by atoms with E-state index in [-0.39, 0.29) is 18.4 Å². The molecule has 0 aliphatic carbocycles. The van der Waals surface area contributed by atoms with Crippen molar-refractivity contribution >= 4 is 23.2 Å². The third kappa shape index (κ3) is 3.00. The quantitative estimate of drug-likeness (QED) is 0.906. The largest absolute Gasteiger partial charge is 0.496 e. The molecule has 0 radical (unpaired) electrons. The zero-order valence-electron chi connectivity index (χ0n) is 11.2. The molecule has 0 bridgehead atoms. The van der Waals surface area contributed by atoms with E-state index in [9.17, 15) is 5.11 Å². The van der Waals surface area contributed by atoms with Crippen LogP contribution in [-0.2, 0) is 0 Å². The number of hydrogen-bond donors (Lipinski definition) is 2. The van der Waals surface area contributed by atoms with Crippen molar-refractivity contribution in [2.75, 3.05) is 7.11 Å². The average Bonchev–Trinajstić information content (AvgIpc) is 2.44. The van der Waals surface area contributed by atoms with Crippen molar-refractivity contribution in [2.24, 2.45) is 5.73 Å². The molecule has 0 amide bonds. The Morgan fingerprint density at radius 2 is 1.79 bits per heavy atom. The monoisotopic (exact) mass is 281 g/mol. The smallest absolute Gasteiger partial charge is 0.126 e. The molecule has 0 aromatic heterocycles. The summed E-state index contributed by atoms with van der Waals surface area (Å²) in [5.74, 6) is 0.826. The SMILES string of the molecule is CC[C@@H](O)[C@@H](N)c1ccc(OC)c2ccccc12.Cl. The second-order valence-electron chi connectivity index (χ2n) is 4.40. The Hall–Kier alpha value is -1.29. The Balaban J connectivity index is 0.00000180. The van der Waals surface area contributed by atoms with Crippen LogP contribution in [-0.4, -0.2) is 18.3 Å². The van der Waals surface area contributed by atoms with Gasteiger partial charge in [0.2, 0.25) is 0 Å². The van der Waals surface area contributed by atoms with Crippen molar-refractivity contribution in [3.63, 3.8) is 0 Å². The van der Waals surface area contributed by atoms with Gasteiger partial charge in [0.15, 0.2) is 0 Å². The lowest BCUT2D eigenvalue weighted by atomic mass is 9.94. The van der Waals surface area contributed by atoms with Gasteiger partial charge in [-0.05, 0) is 23.4 Å². The Kier molecular flexibility index (Phi) is 5.60. The van der Waals surface area contributed by atoms with Gasteiger partial charge in [0.05, 0.1) is 19.3 Å². The van der Waals surface area contributed by atoms with Gasteiger partial charge in [0, 0.05) is 5.39 Å². The fourth-order valence-electron chi connectivity index (χ4n) is 2.22. The molecule has 0 unspecified atom stereocenters. The maximum absolute atomic E-state index is 9.91. The Bertz CT molecular complexity index is 545. The van der Waals surface area contributed by atoms with Crippen molar-refractivity contribution < 1.29 is 9.84 Å². The fraction of sp³-hybridized carbons (Fsp3) is 0.333. The summed E-state index contributed by atoms with van der Waals surface area (Å²) in [5, 5.41) is 12.0. The van der Waals surface area contributed by atoms with E-state index in [1.165, 1.54) is 0 Å². The molecule has 0 heterocycles. The van der Waals surface area contributed by atoms with E-state index >= 15 is 0 Å². The van der Waals surface area contributed by atoms with Crippen LogP contribution in [0.3, 0.4) is 0 Å². The van der Waals surface area contributed by atoms with Crippen LogP contribution < -0.4 is 10.5 Å². The third-order valence-corrected chi connectivity index (χ3v) is 3.33. The van der Waals surface area contributed by atoms with Gasteiger partial charge in [-0.3, -0.25) is 0 Å². The molecule has 3 N–H and O–H groups in total. The van der Waals surface area contributed by atoms with Crippen LogP contribution in [0.25, 0.3) is 10.8 Å². The lowest BCUT2D eigenvalue weighted by Crippen LogP contribution is -2.25. The molecule has 104 valence electrons. The summed E-state index contributed by atoms with van der Waals surface area (Å²) in [4.78, 5) is 0. The van der Waals surface area contributed by atoms with Gasteiger partial charge in [-0.2, -0.15) is 0 Å². The number of rotatable bonds is 4. The third-order valence-electron chi connectivity index (χ3n) is 3.33. The van der Waals surface area contributed by atoms with E-state index in [4.69, 9.17) is 10.5 Å². The normalized spacial score (nSPS) is 13.7. The van der Waals surface area contributed by atoms with Gasteiger partial charge in [0.25, 0.3) is 0 Å². The van der Waals surface area contributed by atoms with Gasteiger partial charge in [-0.25, -0.2) is 0 Å². The maximum Gasteiger partial charge on any atom is 0.126 e. The summed E-state index contributed by atoms with van der Waals surface area (Å²) in [6.07, 6.45) is 0.114. The predicted octanol–water partition coefficient (Wildman–Crippen LogP) is 3.04. The first-order valence-corrected chi connectivity index (χ1v) is 6.18. The molecule has 0 aliphatic rings. The average molecular weight is 282 g/mol. The summed E-state index contributed by atoms with van der Waals surface area (Å²) in [7, 11) is 1.66. The number of aliphatic hydroxyl groups excluding tert-OH is 1. The first kappa shape index (κ1) is 15.8. The minimum atomic E-state index is -0.526. The molecule has 2 rings (SSSR count). The number of ether oxygens (including phenoxy) is 1. The van der Waals surface area contributed by atoms with E-state index in [0.29, 0.717) is 6.42 Å². The van der Waals surface area contributed by atoms with Crippen LogP contribution in [0.4, 0.5) is 0 Å². The van der Waals surface area contributed by atoms with Crippen molar-refractivity contribution in [2.45, 2.75) is 25.5 Å². The van der Waals surface area contributed by atoms with E-state index in [1.807, 2.05) is 43.3 Å². The zero-order valence-corrected chi connectivity index (χ0v) is 12.0. The molecule has 0 fully saturated rings. The van der Waals surface area contributed by atoms with Crippen molar-refractivity contribution in [1.29, 1.82) is 0 Å². The van der Waals surface area contributed by atoms with Crippen LogP contribution in [0.1, 0.15) is 24.9 Å². The number of halogens is 1. The zero-order chi connectivity index (χ0) is 13.1. The van der Waals surface area contributed by atoms with Crippen LogP contribution in [0, 0.1) is 0 Å². The van der Waals surface area contributed by atoms with E-state index in [0.717, 1.165) is 22.1 Å². The van der Waals surface area contributed by atoms with Crippen LogP contribution in [0.15, 0.2) is 36.4 Å². The number of benzene rings is 2. The molecular formula is C15H20ClNO2. The highest BCUT2D eigenvalue weighted by molar-refractivity contribution is 5.91. The number of aliphatic hydroxyl groups is 1. The Labute approximate surface area is 119 Å². The summed E-state index contributed by atoms with van der Waals surface area (Å²) >= 11 is 0. The van der Waals surface area contributed by atoms with Crippen LogP contribution in [0.2, 0.25) is 0 Å². The highest BCUT2D eigenvalue weighted by Gasteiger charge is 2.18. The first-order chi connectivity index (χ1) is 8.69. The number of methoxy groups -OCH3 is 1. The number of nitrogens with two attached hydrogens (primary N) is 1. The molecule has 0 saturated carbocycles. The van der Waals surface area contributed by atoms with E-state index in [1.54, 1.807) is 7.11 Å². The van der Waals surface area contributed by atoms with Crippen molar-refractivity contribution in [1.82, 2.24) is 0 Å². The number of fused-ring (bicyclic) bond motifs is 1.